The molecule has 0 radical (unpaired) electrons. The number of hydrogen-bond acceptors (Lipinski definition) is 5. The summed E-state index contributed by atoms with van der Waals surface area (Å²) in [6, 6.07) is 27.6. The summed E-state index contributed by atoms with van der Waals surface area (Å²) in [5, 5.41) is 9.27. The standard InChI is InChI=1S/C38H27N3O3S2/c1-38(2,3)20-39-34(42)27(35(43)40(37(39)44)23-11-5-4-6-12-23)18-22-19-45-33-30-26-14-9-10-21-16-17-25-24-13-7-8-15-28(24)41(31(25)29(21)26)36(30)46-32(22)33/h4-19H,20H2,1-3H3/b27-18-. The van der Waals surface area contributed by atoms with Crippen molar-refractivity contribution in [3.05, 3.63) is 101 Å². The summed E-state index contributed by atoms with van der Waals surface area (Å²) in [6.07, 6.45) is 1.70. The van der Waals surface area contributed by atoms with Crippen LogP contribution >= 0.6 is 22.7 Å². The monoisotopic (exact) mass is 637 g/mol. The minimum Gasteiger partial charge on any atom is -0.299 e. The number of barbiturate groups is 1. The molecular formula is C38H27N3O3S2. The van der Waals surface area contributed by atoms with E-state index in [2.05, 4.69) is 59.0 Å². The second-order valence-corrected chi connectivity index (χ2v) is 15.0. The first-order chi connectivity index (χ1) is 22.2. The molecule has 5 heterocycles. The molecule has 0 aliphatic carbocycles. The van der Waals surface area contributed by atoms with Crippen LogP contribution in [-0.4, -0.2) is 33.7 Å². The molecule has 46 heavy (non-hydrogen) atoms. The smallest absolute Gasteiger partial charge is 0.299 e. The van der Waals surface area contributed by atoms with Crippen molar-refractivity contribution >= 4 is 110 Å². The Kier molecular flexibility index (Phi) is 5.62. The van der Waals surface area contributed by atoms with Gasteiger partial charge in [-0.25, -0.2) is 9.69 Å². The van der Waals surface area contributed by atoms with Crippen LogP contribution in [0.25, 0.3) is 63.7 Å². The van der Waals surface area contributed by atoms with E-state index in [-0.39, 0.29) is 17.5 Å². The normalized spacial score (nSPS) is 15.9. The first kappa shape index (κ1) is 27.3. The summed E-state index contributed by atoms with van der Waals surface area (Å²) in [4.78, 5) is 45.1. The zero-order chi connectivity index (χ0) is 31.5. The number of para-hydroxylation sites is 2. The van der Waals surface area contributed by atoms with Crippen molar-refractivity contribution in [1.82, 2.24) is 9.30 Å². The molecule has 8 heteroatoms. The van der Waals surface area contributed by atoms with Crippen molar-refractivity contribution in [3.8, 4) is 0 Å². The molecule has 0 spiro atoms. The van der Waals surface area contributed by atoms with Crippen molar-refractivity contribution in [3.63, 3.8) is 0 Å². The molecule has 4 aromatic heterocycles. The second-order valence-electron chi connectivity index (χ2n) is 13.1. The zero-order valence-electron chi connectivity index (χ0n) is 25.3. The quantitative estimate of drug-likeness (QED) is 0.143. The minimum absolute atomic E-state index is 0.0158. The molecule has 0 bridgehead atoms. The molecule has 0 N–H and O–H groups in total. The molecule has 4 aromatic carbocycles. The Morgan fingerprint density at radius 2 is 1.50 bits per heavy atom. The molecule has 0 saturated carbocycles. The van der Waals surface area contributed by atoms with Crippen LogP contribution in [0.5, 0.6) is 0 Å². The largest absolute Gasteiger partial charge is 0.338 e. The predicted molar refractivity (Wildman–Crippen MR) is 190 cm³/mol. The Balaban J connectivity index is 1.31. The number of pyridine rings is 1. The van der Waals surface area contributed by atoms with Gasteiger partial charge in [0.05, 0.1) is 26.1 Å². The highest BCUT2D eigenvalue weighted by atomic mass is 32.1. The molecule has 1 saturated heterocycles. The van der Waals surface area contributed by atoms with Gasteiger partial charge in [-0.2, -0.15) is 0 Å². The van der Waals surface area contributed by atoms with Crippen LogP contribution in [-0.2, 0) is 9.59 Å². The van der Waals surface area contributed by atoms with Gasteiger partial charge in [0.1, 0.15) is 10.4 Å². The van der Waals surface area contributed by atoms with Crippen molar-refractivity contribution < 1.29 is 14.4 Å². The number of fused-ring (bicyclic) bond motifs is 8. The van der Waals surface area contributed by atoms with E-state index in [1.54, 1.807) is 53.0 Å². The highest BCUT2D eigenvalue weighted by Gasteiger charge is 2.44. The third kappa shape index (κ3) is 3.71. The SMILES string of the molecule is CC(C)(C)CN1C(=O)/C(=C/c2csc3c2sc2c3c3cccc4ccc5c6ccccc6n2c5c43)C(=O)N(c2ccccc2)C1=O. The first-order valence-electron chi connectivity index (χ1n) is 15.2. The number of imide groups is 2. The van der Waals surface area contributed by atoms with Crippen LogP contribution in [0, 0.1) is 5.41 Å². The van der Waals surface area contributed by atoms with Gasteiger partial charge in [0.2, 0.25) is 0 Å². The van der Waals surface area contributed by atoms with Crippen LogP contribution in [0.3, 0.4) is 0 Å². The molecule has 6 nitrogen and oxygen atoms in total. The Morgan fingerprint density at radius 3 is 2.30 bits per heavy atom. The lowest BCUT2D eigenvalue weighted by Gasteiger charge is -2.37. The summed E-state index contributed by atoms with van der Waals surface area (Å²) < 4.78 is 4.53. The molecule has 0 unspecified atom stereocenters. The molecular weight excluding hydrogens is 611 g/mol. The van der Waals surface area contributed by atoms with Crippen LogP contribution in [0.1, 0.15) is 26.3 Å². The first-order valence-corrected chi connectivity index (χ1v) is 16.9. The average Bonchev–Trinajstić information content (AvgIpc) is 3.72. The van der Waals surface area contributed by atoms with Crippen molar-refractivity contribution in [2.24, 2.45) is 5.41 Å². The Morgan fingerprint density at radius 1 is 0.739 bits per heavy atom. The fourth-order valence-electron chi connectivity index (χ4n) is 6.97. The van der Waals surface area contributed by atoms with Gasteiger partial charge in [-0.3, -0.25) is 18.9 Å². The van der Waals surface area contributed by atoms with Crippen molar-refractivity contribution in [1.29, 1.82) is 0 Å². The van der Waals surface area contributed by atoms with Gasteiger partial charge in [0, 0.05) is 39.0 Å². The van der Waals surface area contributed by atoms with Gasteiger partial charge in [-0.05, 0) is 40.5 Å². The Bertz CT molecular complexity index is 2620. The number of anilines is 1. The van der Waals surface area contributed by atoms with E-state index in [0.717, 1.165) is 30.2 Å². The number of rotatable bonds is 3. The van der Waals surface area contributed by atoms with E-state index in [4.69, 9.17) is 0 Å². The van der Waals surface area contributed by atoms with E-state index in [1.807, 2.05) is 32.2 Å². The Labute approximate surface area is 271 Å². The topological polar surface area (TPSA) is 62.1 Å². The van der Waals surface area contributed by atoms with Crippen LogP contribution in [0.2, 0.25) is 0 Å². The lowest BCUT2D eigenvalue weighted by Crippen LogP contribution is -2.58. The number of benzene rings is 4. The lowest BCUT2D eigenvalue weighted by molar-refractivity contribution is -0.129. The van der Waals surface area contributed by atoms with E-state index >= 15 is 0 Å². The molecule has 1 fully saturated rings. The van der Waals surface area contributed by atoms with Crippen molar-refractivity contribution in [2.75, 3.05) is 11.4 Å². The number of nitrogens with zero attached hydrogens (tertiary/aromatic N) is 3. The van der Waals surface area contributed by atoms with Crippen LogP contribution in [0.4, 0.5) is 10.5 Å². The third-order valence-electron chi connectivity index (χ3n) is 8.84. The van der Waals surface area contributed by atoms with Crippen LogP contribution in [0.15, 0.2) is 95.9 Å². The highest BCUT2D eigenvalue weighted by Crippen LogP contribution is 2.49. The van der Waals surface area contributed by atoms with Gasteiger partial charge in [-0.15, -0.1) is 22.7 Å². The van der Waals surface area contributed by atoms with E-state index in [1.165, 1.54) is 42.7 Å². The van der Waals surface area contributed by atoms with E-state index < -0.39 is 17.8 Å². The van der Waals surface area contributed by atoms with Crippen LogP contribution < -0.4 is 4.90 Å². The third-order valence-corrected chi connectivity index (χ3v) is 11.2. The minimum atomic E-state index is -0.621. The summed E-state index contributed by atoms with van der Waals surface area (Å²) >= 11 is 3.31. The van der Waals surface area contributed by atoms with Gasteiger partial charge in [0.25, 0.3) is 11.8 Å². The maximum absolute atomic E-state index is 14.0. The fourth-order valence-corrected chi connectivity index (χ4v) is 9.58. The van der Waals surface area contributed by atoms with E-state index in [9.17, 15) is 14.4 Å². The summed E-state index contributed by atoms with van der Waals surface area (Å²) in [7, 11) is 0. The summed E-state index contributed by atoms with van der Waals surface area (Å²) in [5.41, 5.74) is 3.23. The van der Waals surface area contributed by atoms with Gasteiger partial charge in [-0.1, -0.05) is 87.5 Å². The maximum Gasteiger partial charge on any atom is 0.338 e. The number of amides is 4. The second kappa shape index (κ2) is 9.48. The molecule has 9 rings (SSSR count). The molecule has 224 valence electrons. The van der Waals surface area contributed by atoms with Gasteiger partial charge >= 0.3 is 6.03 Å². The number of carbonyl (C=O) groups excluding carboxylic acids is 3. The predicted octanol–water partition coefficient (Wildman–Crippen LogP) is 9.69. The number of carbonyl (C=O) groups is 3. The van der Waals surface area contributed by atoms with Crippen molar-refractivity contribution in [2.45, 2.75) is 20.8 Å². The number of thiophene rings is 2. The molecule has 1 aliphatic rings. The fraction of sp³-hybridized carbons (Fsp3) is 0.132. The lowest BCUT2D eigenvalue weighted by atomic mass is 9.95. The number of urea groups is 1. The average molecular weight is 638 g/mol. The number of hydrogen-bond donors (Lipinski definition) is 0. The Hall–Kier alpha value is -5.05. The number of aromatic nitrogens is 1. The molecule has 8 aromatic rings. The van der Waals surface area contributed by atoms with E-state index in [0.29, 0.717) is 5.69 Å². The molecule has 0 atom stereocenters. The van der Waals surface area contributed by atoms with Gasteiger partial charge < -0.3 is 0 Å². The molecule has 4 amide bonds. The zero-order valence-corrected chi connectivity index (χ0v) is 27.0. The van der Waals surface area contributed by atoms with Gasteiger partial charge in [0.15, 0.2) is 0 Å². The maximum atomic E-state index is 14.0. The highest BCUT2D eigenvalue weighted by molar-refractivity contribution is 7.32. The summed E-state index contributed by atoms with van der Waals surface area (Å²) in [6.45, 7) is 6.10. The molecule has 1 aliphatic heterocycles. The summed E-state index contributed by atoms with van der Waals surface area (Å²) in [5.74, 6) is -1.17.